The zero-order valence-corrected chi connectivity index (χ0v) is 42.0. The van der Waals surface area contributed by atoms with Gasteiger partial charge in [-0.15, -0.1) is 0 Å². The third-order valence-corrected chi connectivity index (χ3v) is 15.5. The van der Waals surface area contributed by atoms with Crippen molar-refractivity contribution in [1.29, 1.82) is 0 Å². The maximum atomic E-state index is 6.90. The molecule has 15 aromatic rings. The second-order valence-electron chi connectivity index (χ2n) is 20.2. The van der Waals surface area contributed by atoms with Gasteiger partial charge in [0.15, 0.2) is 0 Å². The van der Waals surface area contributed by atoms with Crippen molar-refractivity contribution in [3.63, 3.8) is 0 Å². The molecule has 0 spiro atoms. The molecule has 0 atom stereocenters. The van der Waals surface area contributed by atoms with Crippen molar-refractivity contribution >= 4 is 65.0 Å². The highest BCUT2D eigenvalue weighted by Gasteiger charge is 2.19. The van der Waals surface area contributed by atoms with Crippen LogP contribution in [-0.4, -0.2) is 4.98 Å². The Morgan fingerprint density at radius 1 is 0.208 bits per heavy atom. The van der Waals surface area contributed by atoms with Crippen molar-refractivity contribution in [2.75, 3.05) is 0 Å². The summed E-state index contributed by atoms with van der Waals surface area (Å²) in [4.78, 5) is 5.63. The summed E-state index contributed by atoms with van der Waals surface area (Å²) in [5, 5.41) is 11.9. The van der Waals surface area contributed by atoms with Crippen LogP contribution in [0.4, 0.5) is 0 Å². The number of benzene rings is 13. The molecule has 358 valence electrons. The van der Waals surface area contributed by atoms with Crippen LogP contribution in [0, 0.1) is 0 Å². The minimum absolute atomic E-state index is 0.895. The van der Waals surface area contributed by atoms with Gasteiger partial charge in [0.05, 0.1) is 11.4 Å². The molecule has 2 nitrogen and oxygen atoms in total. The van der Waals surface area contributed by atoms with Gasteiger partial charge in [0, 0.05) is 27.3 Å². The van der Waals surface area contributed by atoms with E-state index in [1.807, 2.05) is 0 Å². The van der Waals surface area contributed by atoms with Gasteiger partial charge in [0.25, 0.3) is 0 Å². The lowest BCUT2D eigenvalue weighted by molar-refractivity contribution is 0.673. The zero-order chi connectivity index (χ0) is 50.8. The Bertz CT molecular complexity index is 4470. The van der Waals surface area contributed by atoms with Crippen molar-refractivity contribution in [1.82, 2.24) is 4.98 Å². The van der Waals surface area contributed by atoms with Crippen LogP contribution in [0.5, 0.6) is 0 Å². The highest BCUT2D eigenvalue weighted by molar-refractivity contribution is 6.32. The quantitative estimate of drug-likeness (QED) is 0.142. The summed E-state index contributed by atoms with van der Waals surface area (Å²) in [5.41, 5.74) is 19.4. The van der Waals surface area contributed by atoms with Gasteiger partial charge in [-0.25, -0.2) is 4.98 Å². The van der Waals surface area contributed by atoms with Crippen molar-refractivity contribution < 1.29 is 4.42 Å². The molecule has 0 aliphatic heterocycles. The molecule has 0 N–H and O–H groups in total. The number of hydrogen-bond acceptors (Lipinski definition) is 2. The Morgan fingerprint density at radius 2 is 0.584 bits per heavy atom. The van der Waals surface area contributed by atoms with E-state index >= 15 is 0 Å². The molecule has 0 radical (unpaired) electrons. The number of fused-ring (bicyclic) bond motifs is 11. The minimum Gasteiger partial charge on any atom is -0.455 e. The van der Waals surface area contributed by atoms with Crippen LogP contribution in [0.1, 0.15) is 0 Å². The van der Waals surface area contributed by atoms with Crippen molar-refractivity contribution in [3.8, 4) is 89.3 Å². The average molecular weight is 978 g/mol. The molecule has 0 aliphatic carbocycles. The normalized spacial score (nSPS) is 11.6. The van der Waals surface area contributed by atoms with E-state index in [0.29, 0.717) is 0 Å². The standard InChI is InChI=1S/C75H47NO/c1-5-18-48(19-6-1)56-38-57(49-20-7-2-8-21-49)41-62(40-56)71-45-61(46-72(76-71)63-42-58(50-22-9-3-10-23-50)39-59(43-63)51-24-11-4-12-25-51)53-27-17-26-52(36-53)54-32-33-55-47-73-70(44-60(55)37-54)69-35-34-68-66-30-14-13-28-64(66)65-29-15-16-31-67(65)74(68)75(69)77-73/h1-47H. The number of aromatic nitrogens is 1. The van der Waals surface area contributed by atoms with E-state index in [1.54, 1.807) is 0 Å². The third-order valence-electron chi connectivity index (χ3n) is 15.5. The first kappa shape index (κ1) is 44.3. The maximum Gasteiger partial charge on any atom is 0.143 e. The molecule has 0 amide bonds. The van der Waals surface area contributed by atoms with Crippen molar-refractivity contribution in [3.05, 3.63) is 285 Å². The lowest BCUT2D eigenvalue weighted by Crippen LogP contribution is -1.94. The second-order valence-corrected chi connectivity index (χ2v) is 20.2. The van der Waals surface area contributed by atoms with Gasteiger partial charge in [-0.1, -0.05) is 206 Å². The highest BCUT2D eigenvalue weighted by Crippen LogP contribution is 2.44. The average Bonchev–Trinajstić information content (AvgIpc) is 3.89. The summed E-state index contributed by atoms with van der Waals surface area (Å²) in [6.07, 6.45) is 0. The first-order chi connectivity index (χ1) is 38.1. The van der Waals surface area contributed by atoms with Crippen LogP contribution in [0.2, 0.25) is 0 Å². The van der Waals surface area contributed by atoms with Gasteiger partial charge in [0.1, 0.15) is 11.2 Å². The maximum absolute atomic E-state index is 6.90. The monoisotopic (exact) mass is 977 g/mol. The van der Waals surface area contributed by atoms with E-state index in [2.05, 4.69) is 285 Å². The van der Waals surface area contributed by atoms with Crippen LogP contribution in [0.25, 0.3) is 154 Å². The summed E-state index contributed by atoms with van der Waals surface area (Å²) in [7, 11) is 0. The first-order valence-corrected chi connectivity index (χ1v) is 26.4. The smallest absolute Gasteiger partial charge is 0.143 e. The molecule has 2 heterocycles. The molecular formula is C75H47NO. The number of pyridine rings is 1. The molecular weight excluding hydrogens is 931 g/mol. The Kier molecular flexibility index (Phi) is 10.6. The predicted octanol–water partition coefficient (Wildman–Crippen LogP) is 20.9. The number of rotatable bonds is 8. The van der Waals surface area contributed by atoms with Crippen molar-refractivity contribution in [2.24, 2.45) is 0 Å². The molecule has 0 aliphatic rings. The van der Waals surface area contributed by atoms with Crippen LogP contribution in [0.3, 0.4) is 0 Å². The molecule has 2 heteroatoms. The molecule has 2 aromatic heterocycles. The van der Waals surface area contributed by atoms with Gasteiger partial charge in [0.2, 0.25) is 0 Å². The molecule has 0 bridgehead atoms. The van der Waals surface area contributed by atoms with Gasteiger partial charge in [-0.2, -0.15) is 0 Å². The molecule has 13 aromatic carbocycles. The van der Waals surface area contributed by atoms with E-state index in [0.717, 1.165) is 122 Å². The molecule has 77 heavy (non-hydrogen) atoms. The summed E-state index contributed by atoms with van der Waals surface area (Å²) in [5.74, 6) is 0. The van der Waals surface area contributed by atoms with Crippen LogP contribution < -0.4 is 0 Å². The van der Waals surface area contributed by atoms with E-state index in [9.17, 15) is 0 Å². The van der Waals surface area contributed by atoms with Gasteiger partial charge >= 0.3 is 0 Å². The van der Waals surface area contributed by atoms with Gasteiger partial charge in [-0.05, 0) is 183 Å². The fourth-order valence-electron chi connectivity index (χ4n) is 11.8. The fraction of sp³-hybridized carbons (Fsp3) is 0. The topological polar surface area (TPSA) is 26.0 Å². The summed E-state index contributed by atoms with van der Waals surface area (Å²) >= 11 is 0. The van der Waals surface area contributed by atoms with E-state index in [4.69, 9.17) is 9.40 Å². The Morgan fingerprint density at radius 3 is 1.10 bits per heavy atom. The molecule has 0 saturated heterocycles. The fourth-order valence-corrected chi connectivity index (χ4v) is 11.8. The summed E-state index contributed by atoms with van der Waals surface area (Å²) < 4.78 is 6.90. The SMILES string of the molecule is c1ccc(-c2cc(-c3ccccc3)cc(-c3cc(-c4cccc(-c5ccc6cc7oc8c(ccc9c%10ccccc%10c%10ccccc%10c98)c7cc6c5)c4)cc(-c4cc(-c5ccccc5)cc(-c5ccccc5)c4)n3)c2)cc1. The Balaban J connectivity index is 0.894. The Hall–Kier alpha value is -10.2. The number of hydrogen-bond donors (Lipinski definition) is 0. The largest absolute Gasteiger partial charge is 0.455 e. The van der Waals surface area contributed by atoms with Crippen LogP contribution >= 0.6 is 0 Å². The highest BCUT2D eigenvalue weighted by atomic mass is 16.3. The zero-order valence-electron chi connectivity index (χ0n) is 42.0. The van der Waals surface area contributed by atoms with Gasteiger partial charge < -0.3 is 4.42 Å². The van der Waals surface area contributed by atoms with E-state index < -0.39 is 0 Å². The lowest BCUT2D eigenvalue weighted by Gasteiger charge is -2.16. The third kappa shape index (κ3) is 7.94. The van der Waals surface area contributed by atoms with E-state index in [-0.39, 0.29) is 0 Å². The second kappa shape index (κ2) is 18.3. The van der Waals surface area contributed by atoms with Crippen LogP contribution in [0.15, 0.2) is 290 Å². The summed E-state index contributed by atoms with van der Waals surface area (Å²) in [6, 6.07) is 103. The molecule has 0 fully saturated rings. The molecule has 0 saturated carbocycles. The van der Waals surface area contributed by atoms with Gasteiger partial charge in [-0.3, -0.25) is 0 Å². The molecule has 0 unspecified atom stereocenters. The predicted molar refractivity (Wildman–Crippen MR) is 325 cm³/mol. The number of nitrogens with zero attached hydrogens (tertiary/aromatic N) is 1. The number of furan rings is 1. The first-order valence-electron chi connectivity index (χ1n) is 26.4. The van der Waals surface area contributed by atoms with Crippen molar-refractivity contribution in [2.45, 2.75) is 0 Å². The van der Waals surface area contributed by atoms with Crippen LogP contribution in [-0.2, 0) is 0 Å². The minimum atomic E-state index is 0.895. The lowest BCUT2D eigenvalue weighted by atomic mass is 9.91. The van der Waals surface area contributed by atoms with E-state index in [1.165, 1.54) is 32.3 Å². The summed E-state index contributed by atoms with van der Waals surface area (Å²) in [6.45, 7) is 0. The molecule has 15 rings (SSSR count). The Labute approximate surface area is 446 Å².